The van der Waals surface area contributed by atoms with Crippen LogP contribution < -0.4 is 4.90 Å². The van der Waals surface area contributed by atoms with Crippen molar-refractivity contribution >= 4 is 5.69 Å². The Morgan fingerprint density at radius 1 is 0.667 bits per heavy atom. The van der Waals surface area contributed by atoms with E-state index in [9.17, 15) is 22.0 Å². The Morgan fingerprint density at radius 2 is 1.22 bits per heavy atom. The average molecular weight is 375 g/mol. The molecule has 0 amide bonds. The van der Waals surface area contributed by atoms with E-state index in [0.717, 1.165) is 5.56 Å². The molecule has 0 fully saturated rings. The van der Waals surface area contributed by atoms with Crippen LogP contribution in [0.4, 0.5) is 27.6 Å². The maximum atomic E-state index is 14.6. The molecular formula is C21H14F5N. The summed E-state index contributed by atoms with van der Waals surface area (Å²) in [6.07, 6.45) is 0.594. The van der Waals surface area contributed by atoms with Crippen molar-refractivity contribution in [1.82, 2.24) is 0 Å². The third kappa shape index (κ3) is 2.76. The highest BCUT2D eigenvalue weighted by molar-refractivity contribution is 5.56. The first-order chi connectivity index (χ1) is 13.0. The molecule has 1 aliphatic rings. The highest BCUT2D eigenvalue weighted by Gasteiger charge is 2.37. The molecule has 1 unspecified atom stereocenters. The summed E-state index contributed by atoms with van der Waals surface area (Å²) in [7, 11) is 0. The lowest BCUT2D eigenvalue weighted by Gasteiger charge is -2.39. The number of anilines is 1. The number of para-hydroxylation sites is 1. The number of nitrogens with zero attached hydrogens (tertiary/aromatic N) is 1. The van der Waals surface area contributed by atoms with Crippen LogP contribution in [0.15, 0.2) is 54.6 Å². The lowest BCUT2D eigenvalue weighted by molar-refractivity contribution is 0.364. The minimum absolute atomic E-state index is 0.380. The molecule has 1 aliphatic heterocycles. The van der Waals surface area contributed by atoms with Gasteiger partial charge in [0.15, 0.2) is 23.3 Å². The van der Waals surface area contributed by atoms with Crippen molar-refractivity contribution in [2.75, 3.05) is 11.4 Å². The molecule has 0 radical (unpaired) electrons. The van der Waals surface area contributed by atoms with Crippen LogP contribution in [-0.4, -0.2) is 6.54 Å². The second kappa shape index (κ2) is 6.68. The standard InChI is InChI=1S/C21H14F5N/c22-16-15(17(23)19(25)20(26)18(16)24)21-14-9-5-4-6-12(14)10-11-27(21)13-7-2-1-3-8-13/h1-9,21H,10-11H2. The predicted octanol–water partition coefficient (Wildman–Crippen LogP) is 5.53. The molecule has 0 spiro atoms. The first kappa shape index (κ1) is 17.5. The van der Waals surface area contributed by atoms with Crippen LogP contribution in [0, 0.1) is 29.1 Å². The summed E-state index contributed by atoms with van der Waals surface area (Å²) in [6.45, 7) is 0.380. The number of benzene rings is 3. The number of halogens is 5. The van der Waals surface area contributed by atoms with Crippen molar-refractivity contribution in [2.24, 2.45) is 0 Å². The van der Waals surface area contributed by atoms with Crippen LogP contribution in [-0.2, 0) is 6.42 Å². The molecule has 1 heterocycles. The van der Waals surface area contributed by atoms with Crippen LogP contribution in [0.5, 0.6) is 0 Å². The van der Waals surface area contributed by atoms with E-state index < -0.39 is 40.7 Å². The minimum Gasteiger partial charge on any atom is -0.360 e. The zero-order valence-electron chi connectivity index (χ0n) is 14.0. The van der Waals surface area contributed by atoms with E-state index in [-0.39, 0.29) is 0 Å². The van der Waals surface area contributed by atoms with Crippen LogP contribution in [0.2, 0.25) is 0 Å². The Bertz CT molecular complexity index is 974. The van der Waals surface area contributed by atoms with Gasteiger partial charge in [0, 0.05) is 12.2 Å². The lowest BCUT2D eigenvalue weighted by Crippen LogP contribution is -2.37. The van der Waals surface area contributed by atoms with Gasteiger partial charge < -0.3 is 4.90 Å². The van der Waals surface area contributed by atoms with Crippen molar-refractivity contribution in [3.63, 3.8) is 0 Å². The fourth-order valence-electron chi connectivity index (χ4n) is 3.64. The zero-order valence-corrected chi connectivity index (χ0v) is 14.0. The summed E-state index contributed by atoms with van der Waals surface area (Å²) >= 11 is 0. The molecule has 3 aromatic carbocycles. The first-order valence-electron chi connectivity index (χ1n) is 8.41. The number of hydrogen-bond acceptors (Lipinski definition) is 1. The lowest BCUT2D eigenvalue weighted by atomic mass is 9.87. The van der Waals surface area contributed by atoms with Gasteiger partial charge >= 0.3 is 0 Å². The van der Waals surface area contributed by atoms with Gasteiger partial charge in [-0.25, -0.2) is 22.0 Å². The Kier molecular flexibility index (Phi) is 4.34. The van der Waals surface area contributed by atoms with Crippen molar-refractivity contribution in [3.05, 3.63) is 100 Å². The van der Waals surface area contributed by atoms with Gasteiger partial charge in [0.05, 0.1) is 11.6 Å². The van der Waals surface area contributed by atoms with Crippen LogP contribution in [0.1, 0.15) is 22.7 Å². The van der Waals surface area contributed by atoms with Crippen molar-refractivity contribution in [3.8, 4) is 0 Å². The van der Waals surface area contributed by atoms with E-state index in [0.29, 0.717) is 24.2 Å². The molecule has 0 bridgehead atoms. The van der Waals surface area contributed by atoms with Gasteiger partial charge in [-0.05, 0) is 29.7 Å². The SMILES string of the molecule is Fc1c(F)c(F)c(C2c3ccccc3CCN2c2ccccc2)c(F)c1F. The molecule has 0 saturated carbocycles. The van der Waals surface area contributed by atoms with Crippen LogP contribution in [0.25, 0.3) is 0 Å². The van der Waals surface area contributed by atoms with E-state index in [1.54, 1.807) is 59.5 Å². The fraction of sp³-hybridized carbons (Fsp3) is 0.143. The molecule has 27 heavy (non-hydrogen) atoms. The number of hydrogen-bond donors (Lipinski definition) is 0. The summed E-state index contributed by atoms with van der Waals surface area (Å²) in [6, 6.07) is 14.6. The van der Waals surface area contributed by atoms with E-state index in [2.05, 4.69) is 0 Å². The first-order valence-corrected chi connectivity index (χ1v) is 8.41. The minimum atomic E-state index is -2.15. The maximum Gasteiger partial charge on any atom is 0.200 e. The largest absolute Gasteiger partial charge is 0.360 e. The molecule has 0 aromatic heterocycles. The van der Waals surface area contributed by atoms with E-state index in [4.69, 9.17) is 0 Å². The number of fused-ring (bicyclic) bond motifs is 1. The summed E-state index contributed by atoms with van der Waals surface area (Å²) < 4.78 is 70.6. The summed E-state index contributed by atoms with van der Waals surface area (Å²) in [5.41, 5.74) is 1.15. The quantitative estimate of drug-likeness (QED) is 0.323. The van der Waals surface area contributed by atoms with Gasteiger partial charge in [-0.2, -0.15) is 0 Å². The molecule has 138 valence electrons. The van der Waals surface area contributed by atoms with Gasteiger partial charge in [-0.15, -0.1) is 0 Å². The Morgan fingerprint density at radius 3 is 1.89 bits per heavy atom. The van der Waals surface area contributed by atoms with E-state index in [1.165, 1.54) is 0 Å². The molecule has 1 nitrogen and oxygen atoms in total. The normalized spacial score (nSPS) is 16.3. The molecular weight excluding hydrogens is 361 g/mol. The van der Waals surface area contributed by atoms with Gasteiger partial charge in [-0.1, -0.05) is 42.5 Å². The smallest absolute Gasteiger partial charge is 0.200 e. The molecule has 6 heteroatoms. The second-order valence-electron chi connectivity index (χ2n) is 6.36. The highest BCUT2D eigenvalue weighted by atomic mass is 19.2. The summed E-state index contributed by atoms with van der Waals surface area (Å²) in [5, 5.41) is 0. The fourth-order valence-corrected chi connectivity index (χ4v) is 3.64. The Balaban J connectivity index is 2.00. The third-order valence-corrected chi connectivity index (χ3v) is 4.89. The van der Waals surface area contributed by atoms with Gasteiger partial charge in [0.2, 0.25) is 5.82 Å². The van der Waals surface area contributed by atoms with E-state index in [1.807, 2.05) is 0 Å². The van der Waals surface area contributed by atoms with Crippen molar-refractivity contribution < 1.29 is 22.0 Å². The second-order valence-corrected chi connectivity index (χ2v) is 6.36. The van der Waals surface area contributed by atoms with Crippen molar-refractivity contribution in [1.29, 1.82) is 0 Å². The predicted molar refractivity (Wildman–Crippen MR) is 92.0 cm³/mol. The average Bonchev–Trinajstić information content (AvgIpc) is 2.71. The molecule has 0 N–H and O–H groups in total. The Hall–Kier alpha value is -2.89. The topological polar surface area (TPSA) is 3.24 Å². The van der Waals surface area contributed by atoms with Crippen molar-refractivity contribution in [2.45, 2.75) is 12.5 Å². The maximum absolute atomic E-state index is 14.6. The molecule has 4 rings (SSSR count). The molecule has 1 atom stereocenters. The highest BCUT2D eigenvalue weighted by Crippen LogP contribution is 2.41. The Labute approximate surface area is 152 Å². The zero-order chi connectivity index (χ0) is 19.1. The third-order valence-electron chi connectivity index (χ3n) is 4.89. The summed E-state index contributed by atoms with van der Waals surface area (Å²) in [4.78, 5) is 1.67. The van der Waals surface area contributed by atoms with Crippen LogP contribution in [0.3, 0.4) is 0 Å². The molecule has 0 aliphatic carbocycles. The van der Waals surface area contributed by atoms with E-state index >= 15 is 0 Å². The summed E-state index contributed by atoms with van der Waals surface area (Å²) in [5.74, 6) is -9.60. The van der Waals surface area contributed by atoms with Gasteiger partial charge in [-0.3, -0.25) is 0 Å². The monoisotopic (exact) mass is 375 g/mol. The van der Waals surface area contributed by atoms with Gasteiger partial charge in [0.1, 0.15) is 0 Å². The molecule has 0 saturated heterocycles. The van der Waals surface area contributed by atoms with Gasteiger partial charge in [0.25, 0.3) is 0 Å². The molecule has 3 aromatic rings. The number of rotatable bonds is 2. The van der Waals surface area contributed by atoms with Crippen LogP contribution >= 0.6 is 0 Å².